The van der Waals surface area contributed by atoms with Crippen molar-refractivity contribution < 1.29 is 9.13 Å². The van der Waals surface area contributed by atoms with Crippen LogP contribution in [0.5, 0.6) is 5.75 Å². The van der Waals surface area contributed by atoms with E-state index in [9.17, 15) is 4.39 Å². The van der Waals surface area contributed by atoms with Gasteiger partial charge in [-0.3, -0.25) is 0 Å². The Morgan fingerprint density at radius 1 is 1.33 bits per heavy atom. The molecule has 0 amide bonds. The number of nitrogens with zero attached hydrogens (tertiary/aromatic N) is 3. The van der Waals surface area contributed by atoms with Gasteiger partial charge in [-0.05, 0) is 38.1 Å². The normalized spacial score (nSPS) is 14.0. The third-order valence-corrected chi connectivity index (χ3v) is 3.68. The Labute approximate surface area is 123 Å². The van der Waals surface area contributed by atoms with Crippen molar-refractivity contribution in [3.05, 3.63) is 41.2 Å². The molecule has 0 bridgehead atoms. The molecule has 0 radical (unpaired) electrons. The van der Waals surface area contributed by atoms with Crippen LogP contribution in [0.2, 0.25) is 0 Å². The maximum absolute atomic E-state index is 13.3. The van der Waals surface area contributed by atoms with Gasteiger partial charge in [0.1, 0.15) is 24.0 Å². The Balaban J connectivity index is 1.74. The number of fused-ring (bicyclic) bond motifs is 1. The summed E-state index contributed by atoms with van der Waals surface area (Å²) >= 11 is 0. The van der Waals surface area contributed by atoms with Gasteiger partial charge in [0.15, 0.2) is 5.82 Å². The van der Waals surface area contributed by atoms with Gasteiger partial charge in [0, 0.05) is 25.1 Å². The topological polar surface area (TPSA) is 52.0 Å². The minimum atomic E-state index is -0.257. The van der Waals surface area contributed by atoms with Crippen molar-refractivity contribution in [1.82, 2.24) is 20.1 Å². The zero-order valence-electron chi connectivity index (χ0n) is 12.1. The van der Waals surface area contributed by atoms with Gasteiger partial charge in [0.2, 0.25) is 0 Å². The Kier molecular flexibility index (Phi) is 4.15. The van der Waals surface area contributed by atoms with Crippen LogP contribution in [0.1, 0.15) is 30.1 Å². The summed E-state index contributed by atoms with van der Waals surface area (Å²) in [6.07, 6.45) is 3.30. The van der Waals surface area contributed by atoms with E-state index in [1.807, 2.05) is 7.05 Å². The first kappa shape index (κ1) is 14.0. The van der Waals surface area contributed by atoms with Crippen LogP contribution in [0.15, 0.2) is 18.2 Å². The second-order valence-corrected chi connectivity index (χ2v) is 5.21. The lowest BCUT2D eigenvalue weighted by atomic mass is 10.2. The molecule has 21 heavy (non-hydrogen) atoms. The van der Waals surface area contributed by atoms with Crippen LogP contribution < -0.4 is 10.1 Å². The largest absolute Gasteiger partial charge is 0.485 e. The first-order valence-electron chi connectivity index (χ1n) is 7.24. The molecule has 1 N–H and O–H groups in total. The van der Waals surface area contributed by atoms with Crippen molar-refractivity contribution in [1.29, 1.82) is 0 Å². The smallest absolute Gasteiger partial charge is 0.171 e. The van der Waals surface area contributed by atoms with E-state index < -0.39 is 0 Å². The third kappa shape index (κ3) is 3.05. The molecule has 0 aliphatic carbocycles. The van der Waals surface area contributed by atoms with Crippen molar-refractivity contribution >= 4 is 0 Å². The summed E-state index contributed by atoms with van der Waals surface area (Å²) in [5.74, 6) is 2.30. The molecule has 112 valence electrons. The number of aryl methyl sites for hydroxylation is 1. The second-order valence-electron chi connectivity index (χ2n) is 5.21. The molecular weight excluding hydrogens is 271 g/mol. The predicted molar refractivity (Wildman–Crippen MR) is 76.5 cm³/mol. The highest BCUT2D eigenvalue weighted by Gasteiger charge is 2.16. The first-order valence-corrected chi connectivity index (χ1v) is 7.24. The number of rotatable bonds is 5. The Morgan fingerprint density at radius 3 is 3.10 bits per heavy atom. The van der Waals surface area contributed by atoms with Crippen LogP contribution in [0.4, 0.5) is 4.39 Å². The van der Waals surface area contributed by atoms with Crippen molar-refractivity contribution in [2.24, 2.45) is 0 Å². The van der Waals surface area contributed by atoms with E-state index in [1.165, 1.54) is 18.6 Å². The fraction of sp³-hybridized carbons (Fsp3) is 0.467. The third-order valence-electron chi connectivity index (χ3n) is 3.68. The van der Waals surface area contributed by atoms with E-state index in [2.05, 4.69) is 20.1 Å². The Hall–Kier alpha value is -1.95. The van der Waals surface area contributed by atoms with Crippen LogP contribution in [0.3, 0.4) is 0 Å². The van der Waals surface area contributed by atoms with Gasteiger partial charge in [-0.1, -0.05) is 0 Å². The summed E-state index contributed by atoms with van der Waals surface area (Å²) in [5.41, 5.74) is 0.802. The summed E-state index contributed by atoms with van der Waals surface area (Å²) in [5, 5.41) is 11.4. The lowest BCUT2D eigenvalue weighted by molar-refractivity contribution is 0.282. The van der Waals surface area contributed by atoms with Gasteiger partial charge in [-0.25, -0.2) is 4.39 Å². The SMILES string of the molecule is CNCc1cc(F)ccc1OCc1nnc2n1CCCC2. The molecule has 0 fully saturated rings. The van der Waals surface area contributed by atoms with Crippen LogP contribution in [-0.2, 0) is 26.1 Å². The molecule has 0 spiro atoms. The number of ether oxygens (including phenoxy) is 1. The minimum Gasteiger partial charge on any atom is -0.485 e. The predicted octanol–water partition coefficient (Wildman–Crippen LogP) is 2.05. The van der Waals surface area contributed by atoms with Crippen molar-refractivity contribution in [3.63, 3.8) is 0 Å². The van der Waals surface area contributed by atoms with E-state index in [4.69, 9.17) is 4.74 Å². The van der Waals surface area contributed by atoms with Gasteiger partial charge in [-0.15, -0.1) is 10.2 Å². The van der Waals surface area contributed by atoms with Crippen molar-refractivity contribution in [3.8, 4) is 5.75 Å². The highest BCUT2D eigenvalue weighted by molar-refractivity contribution is 5.34. The summed E-state index contributed by atoms with van der Waals surface area (Å²) in [7, 11) is 1.82. The zero-order chi connectivity index (χ0) is 14.7. The average Bonchev–Trinajstić information content (AvgIpc) is 2.90. The van der Waals surface area contributed by atoms with Gasteiger partial charge in [-0.2, -0.15) is 0 Å². The fourth-order valence-electron chi connectivity index (χ4n) is 2.63. The number of halogens is 1. The molecule has 0 unspecified atom stereocenters. The zero-order valence-corrected chi connectivity index (χ0v) is 12.1. The number of aromatic nitrogens is 3. The van der Waals surface area contributed by atoms with E-state index in [0.717, 1.165) is 36.6 Å². The molecule has 3 rings (SSSR count). The average molecular weight is 290 g/mol. The monoisotopic (exact) mass is 290 g/mol. The second kappa shape index (κ2) is 6.22. The molecule has 0 saturated carbocycles. The van der Waals surface area contributed by atoms with E-state index >= 15 is 0 Å². The number of nitrogens with one attached hydrogen (secondary N) is 1. The molecular formula is C15H19FN4O. The highest BCUT2D eigenvalue weighted by atomic mass is 19.1. The molecule has 0 atom stereocenters. The highest BCUT2D eigenvalue weighted by Crippen LogP contribution is 2.21. The van der Waals surface area contributed by atoms with Gasteiger partial charge in [0.05, 0.1) is 0 Å². The summed E-state index contributed by atoms with van der Waals surface area (Å²) in [4.78, 5) is 0. The Morgan fingerprint density at radius 2 is 2.24 bits per heavy atom. The Bertz CT molecular complexity index is 626. The fourth-order valence-corrected chi connectivity index (χ4v) is 2.63. The molecule has 1 aliphatic heterocycles. The van der Waals surface area contributed by atoms with E-state index in [0.29, 0.717) is 18.9 Å². The molecule has 6 heteroatoms. The maximum atomic E-state index is 13.3. The maximum Gasteiger partial charge on any atom is 0.171 e. The molecule has 5 nitrogen and oxygen atoms in total. The van der Waals surface area contributed by atoms with Crippen LogP contribution in [0, 0.1) is 5.82 Å². The van der Waals surface area contributed by atoms with Crippen molar-refractivity contribution in [2.75, 3.05) is 7.05 Å². The number of hydrogen-bond donors (Lipinski definition) is 1. The molecule has 1 aromatic carbocycles. The summed E-state index contributed by atoms with van der Waals surface area (Å²) < 4.78 is 21.3. The van der Waals surface area contributed by atoms with Crippen LogP contribution in [0.25, 0.3) is 0 Å². The standard InChI is InChI=1S/C15H19FN4O/c1-17-9-11-8-12(16)5-6-13(11)21-10-15-19-18-14-4-2-3-7-20(14)15/h5-6,8,17H,2-4,7,9-10H2,1H3. The molecule has 1 aromatic heterocycles. The number of hydrogen-bond acceptors (Lipinski definition) is 4. The number of benzene rings is 1. The van der Waals surface area contributed by atoms with Crippen LogP contribution in [-0.4, -0.2) is 21.8 Å². The van der Waals surface area contributed by atoms with Crippen LogP contribution >= 0.6 is 0 Å². The minimum absolute atomic E-state index is 0.257. The summed E-state index contributed by atoms with van der Waals surface area (Å²) in [6.45, 7) is 1.87. The molecule has 1 aliphatic rings. The van der Waals surface area contributed by atoms with E-state index in [-0.39, 0.29) is 5.82 Å². The van der Waals surface area contributed by atoms with Gasteiger partial charge >= 0.3 is 0 Å². The van der Waals surface area contributed by atoms with Crippen molar-refractivity contribution in [2.45, 2.75) is 39.0 Å². The lowest BCUT2D eigenvalue weighted by Gasteiger charge is -2.16. The molecule has 0 saturated heterocycles. The molecule has 2 aromatic rings. The van der Waals surface area contributed by atoms with Gasteiger partial charge in [0.25, 0.3) is 0 Å². The first-order chi connectivity index (χ1) is 10.3. The quantitative estimate of drug-likeness (QED) is 0.915. The summed E-state index contributed by atoms with van der Waals surface area (Å²) in [6, 6.07) is 4.56. The molecule has 2 heterocycles. The van der Waals surface area contributed by atoms with E-state index in [1.54, 1.807) is 6.07 Å². The van der Waals surface area contributed by atoms with Gasteiger partial charge < -0.3 is 14.6 Å². The lowest BCUT2D eigenvalue weighted by Crippen LogP contribution is -2.15.